The second-order valence-electron chi connectivity index (χ2n) is 8.75. The fourth-order valence-electron chi connectivity index (χ4n) is 5.45. The van der Waals surface area contributed by atoms with Crippen LogP contribution in [0.2, 0.25) is 0 Å². The van der Waals surface area contributed by atoms with Crippen LogP contribution >= 0.6 is 0 Å². The molecule has 1 aliphatic carbocycles. The molecule has 2 aliphatic heterocycles. The molecule has 3 aliphatic rings. The first-order valence-corrected chi connectivity index (χ1v) is 10.4. The van der Waals surface area contributed by atoms with E-state index < -0.39 is 0 Å². The van der Waals surface area contributed by atoms with E-state index in [9.17, 15) is 4.79 Å². The molecular formula is C24H28NO3+. The Hall–Kier alpha value is -2.33. The van der Waals surface area contributed by atoms with E-state index in [1.165, 1.54) is 13.0 Å². The Labute approximate surface area is 166 Å². The third kappa shape index (κ3) is 2.91. The Morgan fingerprint density at radius 1 is 1.14 bits per heavy atom. The van der Waals surface area contributed by atoms with E-state index in [2.05, 4.69) is 0 Å². The molecule has 1 saturated carbocycles. The van der Waals surface area contributed by atoms with Crippen LogP contribution in [0.1, 0.15) is 31.2 Å². The Balaban J connectivity index is 1.13. The molecule has 4 heteroatoms. The quantitative estimate of drug-likeness (QED) is 0.304. The molecule has 146 valence electrons. The highest BCUT2D eigenvalue weighted by atomic mass is 16.5. The SMILES string of the molecule is CC(C(=O)O[C@H]1C[N+]2(CCCOc3ccccc3)CC23CC13)c1ccccc1. The van der Waals surface area contributed by atoms with Crippen molar-refractivity contribution in [1.82, 2.24) is 0 Å². The summed E-state index contributed by atoms with van der Waals surface area (Å²) in [6.45, 7) is 6.09. The second-order valence-corrected chi connectivity index (χ2v) is 8.75. The van der Waals surface area contributed by atoms with Crippen molar-refractivity contribution in [2.24, 2.45) is 5.92 Å². The summed E-state index contributed by atoms with van der Waals surface area (Å²) in [6, 6.07) is 19.9. The van der Waals surface area contributed by atoms with Crippen LogP contribution in [0.4, 0.5) is 0 Å². The predicted octanol–water partition coefficient (Wildman–Crippen LogP) is 3.77. The highest BCUT2D eigenvalue weighted by Crippen LogP contribution is 2.71. The number of rotatable bonds is 8. The summed E-state index contributed by atoms with van der Waals surface area (Å²) in [5.74, 6) is 1.24. The lowest BCUT2D eigenvalue weighted by Gasteiger charge is -2.22. The lowest BCUT2D eigenvalue weighted by Crippen LogP contribution is -2.37. The fraction of sp³-hybridized carbons (Fsp3) is 0.458. The topological polar surface area (TPSA) is 35.5 Å². The van der Waals surface area contributed by atoms with E-state index >= 15 is 0 Å². The molecule has 2 saturated heterocycles. The smallest absolute Gasteiger partial charge is 0.313 e. The molecule has 2 aromatic carbocycles. The number of piperidine rings is 2. The van der Waals surface area contributed by atoms with Crippen molar-refractivity contribution in [3.05, 3.63) is 66.2 Å². The maximum absolute atomic E-state index is 12.7. The van der Waals surface area contributed by atoms with Gasteiger partial charge >= 0.3 is 5.97 Å². The molecule has 2 heterocycles. The first kappa shape index (κ1) is 17.7. The van der Waals surface area contributed by atoms with Gasteiger partial charge < -0.3 is 14.0 Å². The molecule has 5 rings (SSSR count). The van der Waals surface area contributed by atoms with Gasteiger partial charge in [-0.25, -0.2) is 0 Å². The van der Waals surface area contributed by atoms with Crippen LogP contribution in [0.5, 0.6) is 5.75 Å². The number of quaternary nitrogens is 1. The van der Waals surface area contributed by atoms with E-state index in [0.717, 1.165) is 41.9 Å². The number of hydrogen-bond acceptors (Lipinski definition) is 3. The normalized spacial score (nSPS) is 32.8. The maximum atomic E-state index is 12.7. The molecule has 0 bridgehead atoms. The summed E-state index contributed by atoms with van der Waals surface area (Å²) in [5, 5.41) is 0. The average Bonchev–Trinajstić information content (AvgIpc) is 3.60. The van der Waals surface area contributed by atoms with Gasteiger partial charge in [0.2, 0.25) is 0 Å². The number of carbonyl (C=O) groups excluding carboxylic acids is 1. The minimum absolute atomic E-state index is 0.0775. The van der Waals surface area contributed by atoms with Crippen molar-refractivity contribution >= 4 is 5.97 Å². The fourth-order valence-corrected chi connectivity index (χ4v) is 5.45. The van der Waals surface area contributed by atoms with Crippen LogP contribution in [0.25, 0.3) is 0 Å². The Morgan fingerprint density at radius 3 is 2.61 bits per heavy atom. The van der Waals surface area contributed by atoms with Crippen molar-refractivity contribution in [2.75, 3.05) is 26.2 Å². The third-order valence-electron chi connectivity index (χ3n) is 7.16. The minimum Gasteiger partial charge on any atom is -0.493 e. The number of benzene rings is 2. The highest BCUT2D eigenvalue weighted by molar-refractivity contribution is 5.78. The van der Waals surface area contributed by atoms with Crippen LogP contribution in [-0.2, 0) is 9.53 Å². The summed E-state index contributed by atoms with van der Waals surface area (Å²) >= 11 is 0. The summed E-state index contributed by atoms with van der Waals surface area (Å²) < 4.78 is 13.0. The number of nitrogens with zero attached hydrogens (tertiary/aromatic N) is 1. The standard InChI is InChI=1S/C24H28NO3/c1-18(19-9-4-2-5-10-19)23(26)28-22-16-25(17-24(25)15-21(22)24)13-8-14-27-20-11-6-3-7-12-20/h2-7,9-12,18,21-22H,8,13-17H2,1H3/q+1/t18?,21?,22-,24?,25?/m0/s1. The van der Waals surface area contributed by atoms with Gasteiger partial charge in [-0.2, -0.15) is 0 Å². The number of hydrogen-bond donors (Lipinski definition) is 0. The van der Waals surface area contributed by atoms with E-state index in [1.54, 1.807) is 0 Å². The minimum atomic E-state index is -0.199. The summed E-state index contributed by atoms with van der Waals surface area (Å²) in [4.78, 5) is 12.7. The van der Waals surface area contributed by atoms with Crippen molar-refractivity contribution in [1.29, 1.82) is 0 Å². The van der Waals surface area contributed by atoms with Gasteiger partial charge in [-0.3, -0.25) is 4.79 Å². The van der Waals surface area contributed by atoms with Crippen LogP contribution in [0, 0.1) is 5.92 Å². The largest absolute Gasteiger partial charge is 0.493 e. The van der Waals surface area contributed by atoms with Crippen molar-refractivity contribution < 1.29 is 18.8 Å². The van der Waals surface area contributed by atoms with Gasteiger partial charge in [-0.1, -0.05) is 48.5 Å². The van der Waals surface area contributed by atoms with Crippen LogP contribution in [0.15, 0.2) is 60.7 Å². The van der Waals surface area contributed by atoms with Gasteiger partial charge in [0.1, 0.15) is 18.8 Å². The molecule has 2 aromatic rings. The molecule has 0 aromatic heterocycles. The van der Waals surface area contributed by atoms with Crippen LogP contribution < -0.4 is 4.74 Å². The van der Waals surface area contributed by atoms with Crippen molar-refractivity contribution in [3.8, 4) is 5.75 Å². The molecule has 5 atom stereocenters. The zero-order valence-electron chi connectivity index (χ0n) is 16.4. The molecule has 0 amide bonds. The van der Waals surface area contributed by atoms with Crippen molar-refractivity contribution in [3.63, 3.8) is 0 Å². The lowest BCUT2D eigenvalue weighted by atomic mass is 10.0. The summed E-state index contributed by atoms with van der Waals surface area (Å²) in [6.07, 6.45) is 2.37. The number of carbonyl (C=O) groups is 1. The molecule has 0 radical (unpaired) electrons. The molecular weight excluding hydrogens is 350 g/mol. The predicted molar refractivity (Wildman–Crippen MR) is 107 cm³/mol. The van der Waals surface area contributed by atoms with Gasteiger partial charge in [-0.05, 0) is 24.6 Å². The van der Waals surface area contributed by atoms with Crippen molar-refractivity contribution in [2.45, 2.75) is 37.3 Å². The second kappa shape index (κ2) is 6.63. The van der Waals surface area contributed by atoms with E-state index in [0.29, 0.717) is 11.5 Å². The lowest BCUT2D eigenvalue weighted by molar-refractivity contribution is -0.815. The zero-order valence-corrected chi connectivity index (χ0v) is 16.4. The third-order valence-corrected chi connectivity index (χ3v) is 7.16. The van der Waals surface area contributed by atoms with E-state index in [4.69, 9.17) is 9.47 Å². The summed E-state index contributed by atoms with van der Waals surface area (Å²) in [7, 11) is 0. The highest BCUT2D eigenvalue weighted by Gasteiger charge is 2.90. The maximum Gasteiger partial charge on any atom is 0.313 e. The summed E-state index contributed by atoms with van der Waals surface area (Å²) in [5.41, 5.74) is 1.47. The Kier molecular flexibility index (Phi) is 4.20. The Morgan fingerprint density at radius 2 is 1.86 bits per heavy atom. The molecule has 4 nitrogen and oxygen atoms in total. The number of para-hydroxylation sites is 1. The first-order chi connectivity index (χ1) is 13.6. The number of esters is 1. The monoisotopic (exact) mass is 378 g/mol. The van der Waals surface area contributed by atoms with Crippen LogP contribution in [-0.4, -0.2) is 48.3 Å². The average molecular weight is 378 g/mol. The molecule has 3 fully saturated rings. The van der Waals surface area contributed by atoms with E-state index in [-0.39, 0.29) is 18.0 Å². The number of ether oxygens (including phenoxy) is 2. The zero-order chi connectivity index (χ0) is 19.2. The van der Waals surface area contributed by atoms with Gasteiger partial charge in [0.05, 0.1) is 25.0 Å². The first-order valence-electron chi connectivity index (χ1n) is 10.4. The van der Waals surface area contributed by atoms with Gasteiger partial charge in [0, 0.05) is 12.8 Å². The molecule has 1 spiro atoms. The van der Waals surface area contributed by atoms with Gasteiger partial charge in [-0.15, -0.1) is 0 Å². The van der Waals surface area contributed by atoms with Crippen LogP contribution in [0.3, 0.4) is 0 Å². The van der Waals surface area contributed by atoms with Gasteiger partial charge in [0.15, 0.2) is 11.6 Å². The van der Waals surface area contributed by atoms with E-state index in [1.807, 2.05) is 67.6 Å². The molecule has 28 heavy (non-hydrogen) atoms. The van der Waals surface area contributed by atoms with Gasteiger partial charge in [0.25, 0.3) is 0 Å². The molecule has 0 N–H and O–H groups in total. The molecule has 4 unspecified atom stereocenters. The Bertz CT molecular complexity index is 855.